The fourth-order valence-corrected chi connectivity index (χ4v) is 6.72. The van der Waals surface area contributed by atoms with E-state index in [4.69, 9.17) is 18.9 Å². The number of fused-ring (bicyclic) bond motifs is 4. The molecule has 1 unspecified atom stereocenters. The smallest absolute Gasteiger partial charge is 0.414 e. The van der Waals surface area contributed by atoms with Crippen molar-refractivity contribution in [3.05, 3.63) is 58.4 Å². The van der Waals surface area contributed by atoms with Crippen molar-refractivity contribution < 1.29 is 33.3 Å². The second kappa shape index (κ2) is 8.68. The Hall–Kier alpha value is -4.21. The number of hydrogen-bond acceptors (Lipinski definition) is 7. The first kappa shape index (κ1) is 24.1. The Morgan fingerprint density at radius 2 is 1.55 bits per heavy atom. The van der Waals surface area contributed by atoms with E-state index in [0.29, 0.717) is 49.5 Å². The second-order valence-electron chi connectivity index (χ2n) is 9.69. The zero-order valence-corrected chi connectivity index (χ0v) is 21.8. The van der Waals surface area contributed by atoms with Crippen molar-refractivity contribution in [3.63, 3.8) is 0 Å². The van der Waals surface area contributed by atoms with Gasteiger partial charge in [-0.1, -0.05) is 18.2 Å². The van der Waals surface area contributed by atoms with Crippen LogP contribution in [0.5, 0.6) is 11.5 Å². The van der Waals surface area contributed by atoms with Crippen molar-refractivity contribution in [2.24, 2.45) is 0 Å². The molecule has 4 aliphatic rings. The Bertz CT molecular complexity index is 1420. The summed E-state index contributed by atoms with van der Waals surface area (Å²) in [6.45, 7) is 0.849. The van der Waals surface area contributed by atoms with E-state index in [9.17, 15) is 14.4 Å². The van der Waals surface area contributed by atoms with Crippen LogP contribution in [0.4, 0.5) is 21.0 Å². The van der Waals surface area contributed by atoms with Gasteiger partial charge < -0.3 is 18.9 Å². The van der Waals surface area contributed by atoms with E-state index >= 15 is 0 Å². The van der Waals surface area contributed by atoms with Crippen molar-refractivity contribution in [2.75, 3.05) is 51.3 Å². The minimum Gasteiger partial charge on any atom is -0.492 e. The number of amides is 3. The lowest BCUT2D eigenvalue weighted by atomic mass is 9.67. The number of ether oxygens (including phenoxy) is 4. The number of anilines is 2. The van der Waals surface area contributed by atoms with Crippen molar-refractivity contribution in [1.82, 2.24) is 4.90 Å². The maximum atomic E-state index is 13.4. The predicted octanol–water partition coefficient (Wildman–Crippen LogP) is 3.94. The zero-order chi connectivity index (χ0) is 26.8. The van der Waals surface area contributed by atoms with Crippen LogP contribution in [0.25, 0.3) is 0 Å². The van der Waals surface area contributed by atoms with Gasteiger partial charge in [-0.15, -0.1) is 0 Å². The van der Waals surface area contributed by atoms with E-state index in [1.807, 2.05) is 24.3 Å². The molecular weight excluding hydrogens is 490 g/mol. The molecule has 2 aromatic rings. The molecule has 38 heavy (non-hydrogen) atoms. The summed E-state index contributed by atoms with van der Waals surface area (Å²) in [5, 5.41) is 0. The van der Waals surface area contributed by atoms with Gasteiger partial charge in [0, 0.05) is 30.8 Å². The van der Waals surface area contributed by atoms with Gasteiger partial charge in [0.15, 0.2) is 11.5 Å². The van der Waals surface area contributed by atoms with Crippen molar-refractivity contribution in [3.8, 4) is 11.5 Å². The Kier molecular flexibility index (Phi) is 5.51. The fourth-order valence-electron chi connectivity index (χ4n) is 6.72. The highest BCUT2D eigenvalue weighted by Crippen LogP contribution is 2.62. The number of rotatable bonds is 3. The highest BCUT2D eigenvalue weighted by atomic mass is 16.5. The first-order chi connectivity index (χ1) is 18.4. The van der Waals surface area contributed by atoms with Gasteiger partial charge in [-0.25, -0.2) is 9.59 Å². The van der Waals surface area contributed by atoms with E-state index in [1.54, 1.807) is 28.9 Å². The first-order valence-electron chi connectivity index (χ1n) is 12.6. The summed E-state index contributed by atoms with van der Waals surface area (Å²) in [6, 6.07) is 9.93. The lowest BCUT2D eigenvalue weighted by molar-refractivity contribution is -0.118. The summed E-state index contributed by atoms with van der Waals surface area (Å²) in [7, 11) is 5.85. The summed E-state index contributed by atoms with van der Waals surface area (Å²) >= 11 is 0. The number of nitrogens with zero attached hydrogens (tertiary/aromatic N) is 3. The molecule has 4 aliphatic heterocycles. The van der Waals surface area contributed by atoms with Gasteiger partial charge in [-0.05, 0) is 42.5 Å². The molecule has 1 atom stereocenters. The molecule has 10 heteroatoms. The minimum absolute atomic E-state index is 0.0197. The number of benzene rings is 2. The molecular formula is C28H29N3O7. The number of hydrogen-bond donors (Lipinski definition) is 0. The summed E-state index contributed by atoms with van der Waals surface area (Å²) in [5.74, 6) is 0.900. The number of methoxy groups -OCH3 is 4. The van der Waals surface area contributed by atoms with E-state index in [-0.39, 0.29) is 12.3 Å². The zero-order valence-electron chi connectivity index (χ0n) is 21.8. The molecule has 198 valence electrons. The van der Waals surface area contributed by atoms with Gasteiger partial charge in [0.25, 0.3) is 0 Å². The molecule has 0 fully saturated rings. The molecule has 0 aliphatic carbocycles. The summed E-state index contributed by atoms with van der Waals surface area (Å²) in [5.41, 5.74) is 4.91. The van der Waals surface area contributed by atoms with Crippen LogP contribution in [0.15, 0.2) is 41.7 Å². The van der Waals surface area contributed by atoms with E-state index < -0.39 is 17.6 Å². The predicted molar refractivity (Wildman–Crippen MR) is 138 cm³/mol. The number of para-hydroxylation sites is 1. The van der Waals surface area contributed by atoms with Gasteiger partial charge >= 0.3 is 12.2 Å². The Morgan fingerprint density at radius 3 is 2.26 bits per heavy atom. The maximum absolute atomic E-state index is 13.4. The number of carbonyl (C=O) groups is 3. The molecule has 0 bridgehead atoms. The second-order valence-corrected chi connectivity index (χ2v) is 9.69. The molecule has 0 N–H and O–H groups in total. The third-order valence-corrected chi connectivity index (χ3v) is 8.19. The topological polar surface area (TPSA) is 97.9 Å². The lowest BCUT2D eigenvalue weighted by Crippen LogP contribution is -2.49. The SMILES string of the molecule is COC(=O)N1CCC2(c3cc4c(c(OC)c3OC)N(C(=O)OC)CC4)C3=C1CCC(=O)N3c1ccccc12. The Balaban J connectivity index is 1.69. The third-order valence-electron chi connectivity index (χ3n) is 8.19. The number of allylic oxidation sites excluding steroid dienone is 2. The largest absolute Gasteiger partial charge is 0.492 e. The molecule has 3 amide bonds. The summed E-state index contributed by atoms with van der Waals surface area (Å²) < 4.78 is 22.1. The van der Waals surface area contributed by atoms with Gasteiger partial charge in [-0.2, -0.15) is 0 Å². The molecule has 0 saturated carbocycles. The van der Waals surface area contributed by atoms with E-state index in [2.05, 4.69) is 6.07 Å². The average molecular weight is 520 g/mol. The number of carbonyl (C=O) groups excluding carboxylic acids is 3. The average Bonchev–Trinajstić information content (AvgIpc) is 3.51. The van der Waals surface area contributed by atoms with Crippen LogP contribution in [0.3, 0.4) is 0 Å². The third kappa shape index (κ3) is 2.97. The first-order valence-corrected chi connectivity index (χ1v) is 12.6. The van der Waals surface area contributed by atoms with Gasteiger partial charge in [0.1, 0.15) is 0 Å². The van der Waals surface area contributed by atoms with Crippen molar-refractivity contribution >= 4 is 29.5 Å². The molecule has 0 spiro atoms. The van der Waals surface area contributed by atoms with Crippen LogP contribution in [0.2, 0.25) is 0 Å². The summed E-state index contributed by atoms with van der Waals surface area (Å²) in [6.07, 6.45) is 0.908. The van der Waals surface area contributed by atoms with E-state index in [0.717, 1.165) is 33.8 Å². The maximum Gasteiger partial charge on any atom is 0.414 e. The van der Waals surface area contributed by atoms with Crippen molar-refractivity contribution in [1.29, 1.82) is 0 Å². The lowest BCUT2D eigenvalue weighted by Gasteiger charge is -2.45. The Morgan fingerprint density at radius 1 is 0.842 bits per heavy atom. The van der Waals surface area contributed by atoms with Crippen LogP contribution < -0.4 is 19.3 Å². The van der Waals surface area contributed by atoms with Crippen LogP contribution >= 0.6 is 0 Å². The fraction of sp³-hybridized carbons (Fsp3) is 0.393. The molecule has 4 heterocycles. The van der Waals surface area contributed by atoms with Gasteiger partial charge in [0.2, 0.25) is 5.91 Å². The van der Waals surface area contributed by atoms with E-state index in [1.165, 1.54) is 14.2 Å². The molecule has 2 aromatic carbocycles. The van der Waals surface area contributed by atoms with Crippen LogP contribution in [0, 0.1) is 0 Å². The molecule has 10 nitrogen and oxygen atoms in total. The quantitative estimate of drug-likeness (QED) is 0.606. The summed E-state index contributed by atoms with van der Waals surface area (Å²) in [4.78, 5) is 43.8. The van der Waals surface area contributed by atoms with Crippen LogP contribution in [-0.2, 0) is 26.1 Å². The molecule has 0 saturated heterocycles. The standard InChI is InChI=1S/C28H29N3O7/c1-35-23-18(15-16-11-13-30(27(34)38-4)22(16)24(23)36-2)28-12-14-29(26(33)37-3)20-9-10-21(32)31(25(20)28)19-8-6-5-7-17(19)28/h5-8,15H,9-14H2,1-4H3. The van der Waals surface area contributed by atoms with Gasteiger partial charge in [-0.3, -0.25) is 19.5 Å². The minimum atomic E-state index is -0.779. The monoisotopic (exact) mass is 519 g/mol. The molecule has 0 aromatic heterocycles. The normalized spacial score (nSPS) is 21.2. The highest BCUT2D eigenvalue weighted by molar-refractivity contribution is 6.04. The highest BCUT2D eigenvalue weighted by Gasteiger charge is 2.58. The molecule has 0 radical (unpaired) electrons. The van der Waals surface area contributed by atoms with Gasteiger partial charge in [0.05, 0.1) is 50.9 Å². The Labute approximate surface area is 220 Å². The van der Waals surface area contributed by atoms with Crippen LogP contribution in [0.1, 0.15) is 36.0 Å². The molecule has 6 rings (SSSR count). The van der Waals surface area contributed by atoms with Crippen molar-refractivity contribution in [2.45, 2.75) is 31.1 Å². The van der Waals surface area contributed by atoms with Crippen LogP contribution in [-0.4, -0.2) is 64.5 Å².